The first-order valence-corrected chi connectivity index (χ1v) is 19.9. The van der Waals surface area contributed by atoms with Crippen LogP contribution in [0.1, 0.15) is 111 Å². The van der Waals surface area contributed by atoms with E-state index in [0.29, 0.717) is 31.7 Å². The monoisotopic (exact) mass is 767 g/mol. The van der Waals surface area contributed by atoms with Gasteiger partial charge in [0.1, 0.15) is 24.2 Å². The summed E-state index contributed by atoms with van der Waals surface area (Å²) in [7, 11) is 0. The van der Waals surface area contributed by atoms with Crippen molar-refractivity contribution in [1.29, 1.82) is 0 Å². The van der Waals surface area contributed by atoms with Crippen molar-refractivity contribution in [1.82, 2.24) is 36.5 Å². The smallest absolute Gasteiger partial charge is 0.309 e. The molecule has 4 rings (SSSR count). The lowest BCUT2D eigenvalue weighted by molar-refractivity contribution is -0.146. The Morgan fingerprint density at radius 1 is 0.909 bits per heavy atom. The van der Waals surface area contributed by atoms with Crippen LogP contribution in [0.3, 0.4) is 0 Å². The Labute approximate surface area is 324 Å². The molecule has 2 aliphatic carbocycles. The van der Waals surface area contributed by atoms with Crippen LogP contribution in [0.25, 0.3) is 0 Å². The molecule has 2 heterocycles. The number of aryl methyl sites for hydroxylation is 1. The minimum atomic E-state index is -1.17. The summed E-state index contributed by atoms with van der Waals surface area (Å²) in [6.07, 6.45) is 7.41. The van der Waals surface area contributed by atoms with Gasteiger partial charge in [-0.25, -0.2) is 4.98 Å². The highest BCUT2D eigenvalue weighted by Crippen LogP contribution is 2.30. The van der Waals surface area contributed by atoms with Gasteiger partial charge in [-0.1, -0.05) is 73.3 Å². The molecule has 0 bridgehead atoms. The molecule has 304 valence electrons. The summed E-state index contributed by atoms with van der Waals surface area (Å²) >= 11 is 0. The second-order valence-corrected chi connectivity index (χ2v) is 16.9. The Morgan fingerprint density at radius 3 is 2.18 bits per heavy atom. The molecule has 3 aliphatic rings. The van der Waals surface area contributed by atoms with Crippen LogP contribution in [0.4, 0.5) is 0 Å². The average molecular weight is 768 g/mol. The number of rotatable bonds is 16. The fourth-order valence-electron chi connectivity index (χ4n) is 7.03. The van der Waals surface area contributed by atoms with Crippen molar-refractivity contribution in [3.8, 4) is 5.88 Å². The third-order valence-corrected chi connectivity index (χ3v) is 10.3. The van der Waals surface area contributed by atoms with E-state index in [1.165, 1.54) is 4.90 Å². The van der Waals surface area contributed by atoms with Gasteiger partial charge in [-0.2, -0.15) is 0 Å². The second-order valence-electron chi connectivity index (χ2n) is 16.9. The fourth-order valence-corrected chi connectivity index (χ4v) is 7.03. The molecule has 0 spiro atoms. The van der Waals surface area contributed by atoms with Crippen molar-refractivity contribution in [2.75, 3.05) is 13.1 Å². The molecule has 1 aromatic rings. The van der Waals surface area contributed by atoms with Crippen LogP contribution >= 0.6 is 0 Å². The second kappa shape index (κ2) is 19.3. The van der Waals surface area contributed by atoms with Crippen molar-refractivity contribution in [2.24, 2.45) is 17.3 Å². The Kier molecular flexibility index (Phi) is 15.2. The third-order valence-electron chi connectivity index (χ3n) is 10.3. The lowest BCUT2D eigenvalue weighted by atomic mass is 9.82. The fraction of sp³-hybridized carbons (Fsp3) is 0.700. The third kappa shape index (κ3) is 12.5. The summed E-state index contributed by atoms with van der Waals surface area (Å²) in [5, 5.41) is 13.6. The molecule has 5 atom stereocenters. The maximum atomic E-state index is 14.7. The van der Waals surface area contributed by atoms with E-state index in [9.17, 15) is 33.6 Å². The number of likely N-dealkylation sites (tertiary alicyclic amines) is 1. The molecule has 0 aromatic carbocycles. The summed E-state index contributed by atoms with van der Waals surface area (Å²) in [5.74, 6) is -4.86. The standard InChI is InChI=1S/C40H61N7O8/c1-8-12-28(32(48)36(51)43-26-16-17-26)44-34(49)29-19-27(55-30-18-15-24(4)21-41-30)22-47(29)39(54)33(40(5,6)7)46-35(50)31(25-13-10-9-11-14-25)45-38(53)37(52)42-20-23(2)3/h15,18,21,23,25-29,31,33H,8-14,16-17,19-20,22H2,1-7H3,(H,42,52)(H,43,51)(H,44,49)(H,45,53)(H,46,50)/t27-,28+,29+,31+,33-/m1/s1. The number of pyridine rings is 1. The summed E-state index contributed by atoms with van der Waals surface area (Å²) in [4.78, 5) is 100. The molecule has 15 heteroatoms. The number of hydrogen-bond donors (Lipinski definition) is 5. The average Bonchev–Trinajstić information content (AvgIpc) is 3.86. The number of Topliss-reactive ketones (excluding diaryl/α,β-unsaturated/α-hetero) is 1. The van der Waals surface area contributed by atoms with Crippen molar-refractivity contribution in [3.05, 3.63) is 23.9 Å². The van der Waals surface area contributed by atoms with Gasteiger partial charge in [-0.05, 0) is 61.8 Å². The predicted octanol–water partition coefficient (Wildman–Crippen LogP) is 2.24. The van der Waals surface area contributed by atoms with Gasteiger partial charge in [-0.3, -0.25) is 33.6 Å². The molecular weight excluding hydrogens is 706 g/mol. The summed E-state index contributed by atoms with van der Waals surface area (Å²) in [6.45, 7) is 13.2. The van der Waals surface area contributed by atoms with Crippen LogP contribution in [-0.2, 0) is 33.6 Å². The van der Waals surface area contributed by atoms with Gasteiger partial charge < -0.3 is 36.2 Å². The first kappa shape index (κ1) is 43.2. The SMILES string of the molecule is CCC[C@H](NC(=O)[C@@H]1C[C@@H](Oc2ccc(C)cn2)CN1C(=O)[C@@H](NC(=O)[C@@H](NC(=O)C(=O)NCC(C)C)C1CCCCC1)C(C)(C)C)C(=O)C(=O)NC1CC1. The Hall–Kier alpha value is -4.56. The Bertz CT molecular complexity index is 1550. The minimum Gasteiger partial charge on any atom is -0.472 e. The van der Waals surface area contributed by atoms with Gasteiger partial charge in [0.2, 0.25) is 29.4 Å². The molecular formula is C40H61N7O8. The molecule has 0 unspecified atom stereocenters. The summed E-state index contributed by atoms with van der Waals surface area (Å²) in [6, 6.07) is -0.947. The Morgan fingerprint density at radius 2 is 1.60 bits per heavy atom. The van der Waals surface area contributed by atoms with Gasteiger partial charge in [0, 0.05) is 31.3 Å². The lowest BCUT2D eigenvalue weighted by Crippen LogP contribution is -2.62. The predicted molar refractivity (Wildman–Crippen MR) is 204 cm³/mol. The van der Waals surface area contributed by atoms with E-state index in [2.05, 4.69) is 31.6 Å². The number of aromatic nitrogens is 1. The quantitative estimate of drug-likeness (QED) is 0.156. The number of carbonyl (C=O) groups is 7. The van der Waals surface area contributed by atoms with E-state index in [1.807, 2.05) is 33.8 Å². The maximum absolute atomic E-state index is 14.7. The number of nitrogens with zero attached hydrogens (tertiary/aromatic N) is 2. The van der Waals surface area contributed by atoms with Crippen LogP contribution < -0.4 is 31.3 Å². The number of carbonyl (C=O) groups excluding carboxylic acids is 7. The van der Waals surface area contributed by atoms with Gasteiger partial charge in [-0.15, -0.1) is 0 Å². The van der Waals surface area contributed by atoms with Crippen molar-refractivity contribution < 1.29 is 38.3 Å². The topological polar surface area (TPSA) is 205 Å². The number of nitrogens with one attached hydrogen (secondary N) is 5. The maximum Gasteiger partial charge on any atom is 0.309 e. The molecule has 0 radical (unpaired) electrons. The Balaban J connectivity index is 1.59. The van der Waals surface area contributed by atoms with Gasteiger partial charge in [0.05, 0.1) is 12.6 Å². The zero-order chi connectivity index (χ0) is 40.4. The summed E-state index contributed by atoms with van der Waals surface area (Å²) in [5.41, 5.74) is 0.0515. The van der Waals surface area contributed by atoms with Gasteiger partial charge in [0.25, 0.3) is 5.91 Å². The van der Waals surface area contributed by atoms with E-state index in [-0.39, 0.29) is 37.3 Å². The van der Waals surface area contributed by atoms with Crippen LogP contribution in [0, 0.1) is 24.2 Å². The van der Waals surface area contributed by atoms with Crippen LogP contribution in [-0.4, -0.2) is 101 Å². The highest BCUT2D eigenvalue weighted by molar-refractivity contribution is 6.38. The van der Waals surface area contributed by atoms with E-state index < -0.39 is 76.9 Å². The number of amides is 6. The molecule has 3 fully saturated rings. The van der Waals surface area contributed by atoms with E-state index in [4.69, 9.17) is 4.74 Å². The van der Waals surface area contributed by atoms with Crippen LogP contribution in [0.5, 0.6) is 5.88 Å². The van der Waals surface area contributed by atoms with Crippen LogP contribution in [0.15, 0.2) is 18.3 Å². The lowest BCUT2D eigenvalue weighted by Gasteiger charge is -2.37. The highest BCUT2D eigenvalue weighted by Gasteiger charge is 2.47. The van der Waals surface area contributed by atoms with E-state index in [1.54, 1.807) is 33.0 Å². The normalized spacial score (nSPS) is 20.5. The van der Waals surface area contributed by atoms with E-state index in [0.717, 1.165) is 37.7 Å². The molecule has 5 N–H and O–H groups in total. The highest BCUT2D eigenvalue weighted by atomic mass is 16.5. The molecule has 1 saturated heterocycles. The van der Waals surface area contributed by atoms with Gasteiger partial charge in [0.15, 0.2) is 0 Å². The van der Waals surface area contributed by atoms with Gasteiger partial charge >= 0.3 is 11.8 Å². The summed E-state index contributed by atoms with van der Waals surface area (Å²) < 4.78 is 6.16. The molecule has 15 nitrogen and oxygen atoms in total. The number of ketones is 1. The molecule has 55 heavy (non-hydrogen) atoms. The van der Waals surface area contributed by atoms with Crippen LogP contribution in [0.2, 0.25) is 0 Å². The molecule has 2 saturated carbocycles. The molecule has 6 amide bonds. The van der Waals surface area contributed by atoms with Crippen molar-refractivity contribution >= 4 is 41.2 Å². The van der Waals surface area contributed by atoms with Crippen molar-refractivity contribution in [2.45, 2.75) is 149 Å². The largest absolute Gasteiger partial charge is 0.472 e. The van der Waals surface area contributed by atoms with E-state index >= 15 is 0 Å². The zero-order valence-electron chi connectivity index (χ0n) is 33.5. The number of hydrogen-bond acceptors (Lipinski definition) is 9. The molecule has 1 aromatic heterocycles. The minimum absolute atomic E-state index is 0.0255. The molecule has 1 aliphatic heterocycles. The first-order chi connectivity index (χ1) is 26.0. The zero-order valence-corrected chi connectivity index (χ0v) is 33.5. The number of ether oxygens (including phenoxy) is 1. The van der Waals surface area contributed by atoms with Crippen molar-refractivity contribution in [3.63, 3.8) is 0 Å². The first-order valence-electron chi connectivity index (χ1n) is 19.9.